The van der Waals surface area contributed by atoms with Crippen LogP contribution in [0.4, 0.5) is 0 Å². The molecule has 9 heteroatoms. The van der Waals surface area contributed by atoms with Gasteiger partial charge in [0.05, 0.1) is 14.2 Å². The molecule has 0 amide bonds. The predicted octanol–water partition coefficient (Wildman–Crippen LogP) is 1.83. The third kappa shape index (κ3) is 2.66. The van der Waals surface area contributed by atoms with Gasteiger partial charge in [0.25, 0.3) is 5.75 Å². The summed E-state index contributed by atoms with van der Waals surface area (Å²) in [7, 11) is -1.30. The van der Waals surface area contributed by atoms with Gasteiger partial charge in [0.15, 0.2) is 4.21 Å². The molecule has 0 atom stereocenters. The highest BCUT2D eigenvalue weighted by Gasteiger charge is 2.27. The molecular formula is C10H11NO6S2. The second-order valence-corrected chi connectivity index (χ2v) is 6.48. The van der Waals surface area contributed by atoms with E-state index in [4.69, 9.17) is 18.2 Å². The Morgan fingerprint density at radius 1 is 1.26 bits per heavy atom. The number of rotatable bonds is 5. The zero-order valence-electron chi connectivity index (χ0n) is 10.4. The number of ether oxygens (including phenoxy) is 2. The largest absolute Gasteiger partial charge is 0.486 e. The molecular weight excluding hydrogens is 294 g/mol. The molecule has 104 valence electrons. The van der Waals surface area contributed by atoms with Gasteiger partial charge >= 0.3 is 21.9 Å². The van der Waals surface area contributed by atoms with Crippen molar-refractivity contribution in [3.8, 4) is 17.6 Å². The molecule has 0 fully saturated rings. The fourth-order valence-corrected chi connectivity index (χ4v) is 3.42. The average molecular weight is 305 g/mol. The average Bonchev–Trinajstić information content (AvgIpc) is 2.95. The smallest absolute Gasteiger partial charge is 0.358 e. The first-order valence-corrected chi connectivity index (χ1v) is 7.29. The fourth-order valence-electron chi connectivity index (χ4n) is 1.30. The normalized spacial score (nSPS) is 11.3. The van der Waals surface area contributed by atoms with Crippen molar-refractivity contribution >= 4 is 21.5 Å². The van der Waals surface area contributed by atoms with Gasteiger partial charge in [-0.25, -0.2) is 0 Å². The van der Waals surface area contributed by atoms with Crippen molar-refractivity contribution in [2.24, 2.45) is 0 Å². The van der Waals surface area contributed by atoms with Crippen molar-refractivity contribution in [2.75, 3.05) is 14.2 Å². The Labute approximate surface area is 113 Å². The molecule has 0 aliphatic heterocycles. The highest BCUT2D eigenvalue weighted by Crippen LogP contribution is 2.38. The minimum absolute atomic E-state index is 0.0145. The Balaban J connectivity index is 2.33. The molecule has 0 aliphatic rings. The number of thiophene rings is 1. The summed E-state index contributed by atoms with van der Waals surface area (Å²) in [5.74, 6) is -0.375. The van der Waals surface area contributed by atoms with E-state index in [1.54, 1.807) is 13.0 Å². The first kappa shape index (κ1) is 13.7. The summed E-state index contributed by atoms with van der Waals surface area (Å²) >= 11 is 1.10. The molecule has 2 heterocycles. The Morgan fingerprint density at radius 3 is 2.53 bits per heavy atom. The third-order valence-electron chi connectivity index (χ3n) is 2.13. The van der Waals surface area contributed by atoms with Gasteiger partial charge in [-0.1, -0.05) is 0 Å². The predicted molar refractivity (Wildman–Crippen MR) is 66.5 cm³/mol. The van der Waals surface area contributed by atoms with Gasteiger partial charge in [0.1, 0.15) is 0 Å². The van der Waals surface area contributed by atoms with E-state index in [-0.39, 0.29) is 21.8 Å². The molecule has 0 unspecified atom stereocenters. The summed E-state index contributed by atoms with van der Waals surface area (Å²) in [6, 6.07) is 3.14. The topological polar surface area (TPSA) is 87.9 Å². The Bertz CT molecular complexity index is 672. The minimum Gasteiger partial charge on any atom is -0.486 e. The summed E-state index contributed by atoms with van der Waals surface area (Å²) in [6.45, 7) is 1.80. The molecule has 2 aromatic rings. The Hall–Kier alpha value is -1.74. The van der Waals surface area contributed by atoms with Crippen LogP contribution in [0.2, 0.25) is 0 Å². The van der Waals surface area contributed by atoms with Crippen LogP contribution in [0.3, 0.4) is 0 Å². The number of nitrogens with zero attached hydrogens (tertiary/aromatic N) is 1. The minimum atomic E-state index is -3.96. The van der Waals surface area contributed by atoms with Crippen molar-refractivity contribution in [3.63, 3.8) is 0 Å². The van der Waals surface area contributed by atoms with Crippen molar-refractivity contribution in [3.05, 3.63) is 17.0 Å². The maximum absolute atomic E-state index is 12.0. The van der Waals surface area contributed by atoms with Crippen LogP contribution in [-0.2, 0) is 10.1 Å². The van der Waals surface area contributed by atoms with Crippen molar-refractivity contribution in [1.82, 2.24) is 5.16 Å². The monoisotopic (exact) mass is 305 g/mol. The van der Waals surface area contributed by atoms with Crippen LogP contribution in [0.1, 0.15) is 4.88 Å². The molecule has 2 rings (SSSR count). The summed E-state index contributed by atoms with van der Waals surface area (Å²) < 4.78 is 43.4. The van der Waals surface area contributed by atoms with Crippen LogP contribution in [0.15, 0.2) is 20.9 Å². The van der Waals surface area contributed by atoms with E-state index in [0.717, 1.165) is 16.2 Å². The fraction of sp³-hybridized carbons (Fsp3) is 0.300. The van der Waals surface area contributed by atoms with Crippen molar-refractivity contribution in [2.45, 2.75) is 11.1 Å². The van der Waals surface area contributed by atoms with E-state index < -0.39 is 10.1 Å². The zero-order valence-corrected chi connectivity index (χ0v) is 12.0. The molecule has 7 nitrogen and oxygen atoms in total. The molecule has 0 aliphatic carbocycles. The van der Waals surface area contributed by atoms with Gasteiger partial charge in [0.2, 0.25) is 0 Å². The lowest BCUT2D eigenvalue weighted by atomic mass is 10.5. The molecule has 2 aromatic heterocycles. The van der Waals surface area contributed by atoms with Crippen LogP contribution in [0.25, 0.3) is 0 Å². The van der Waals surface area contributed by atoms with E-state index in [2.05, 4.69) is 5.16 Å². The lowest BCUT2D eigenvalue weighted by Crippen LogP contribution is -2.08. The van der Waals surface area contributed by atoms with Crippen LogP contribution in [0, 0.1) is 6.92 Å². The van der Waals surface area contributed by atoms with Gasteiger partial charge in [-0.05, 0) is 24.2 Å². The zero-order chi connectivity index (χ0) is 14.0. The standard InChI is InChI=1S/C10H11NO6S2/c1-6-4-5-7(18-6)19(12,13)17-9-8(14-2)10(15-3)16-11-9/h4-5H,1-3H3. The van der Waals surface area contributed by atoms with E-state index in [1.807, 2.05) is 0 Å². The number of hydrogen-bond donors (Lipinski definition) is 0. The van der Waals surface area contributed by atoms with E-state index in [9.17, 15) is 8.42 Å². The van der Waals surface area contributed by atoms with Gasteiger partial charge < -0.3 is 18.2 Å². The highest BCUT2D eigenvalue weighted by molar-refractivity contribution is 7.89. The highest BCUT2D eigenvalue weighted by atomic mass is 32.3. The molecule has 0 N–H and O–H groups in total. The molecule has 0 saturated carbocycles. The lowest BCUT2D eigenvalue weighted by molar-refractivity contribution is 0.245. The number of hydrogen-bond acceptors (Lipinski definition) is 8. The first-order chi connectivity index (χ1) is 8.97. The second kappa shape index (κ2) is 5.10. The van der Waals surface area contributed by atoms with Crippen molar-refractivity contribution in [1.29, 1.82) is 0 Å². The van der Waals surface area contributed by atoms with Crippen molar-refractivity contribution < 1.29 is 26.6 Å². The van der Waals surface area contributed by atoms with E-state index >= 15 is 0 Å². The van der Waals surface area contributed by atoms with Gasteiger partial charge in [-0.15, -0.1) is 11.3 Å². The number of aryl methyl sites for hydroxylation is 1. The van der Waals surface area contributed by atoms with Gasteiger partial charge in [-0.3, -0.25) is 0 Å². The van der Waals surface area contributed by atoms with Crippen LogP contribution in [0.5, 0.6) is 17.6 Å². The SMILES string of the molecule is COc1onc(OS(=O)(=O)c2ccc(C)s2)c1OC. The third-order valence-corrected chi connectivity index (χ3v) is 4.80. The van der Waals surface area contributed by atoms with Crippen LogP contribution >= 0.6 is 11.3 Å². The van der Waals surface area contributed by atoms with E-state index in [1.165, 1.54) is 20.3 Å². The first-order valence-electron chi connectivity index (χ1n) is 5.06. The molecule has 0 aromatic carbocycles. The summed E-state index contributed by atoms with van der Waals surface area (Å²) in [5.41, 5.74) is 0. The quantitative estimate of drug-likeness (QED) is 0.779. The van der Waals surface area contributed by atoms with Gasteiger partial charge in [0, 0.05) is 4.88 Å². The summed E-state index contributed by atoms with van der Waals surface area (Å²) in [4.78, 5) is 0.854. The van der Waals surface area contributed by atoms with Crippen LogP contribution < -0.4 is 13.7 Å². The lowest BCUT2D eigenvalue weighted by Gasteiger charge is -2.03. The van der Waals surface area contributed by atoms with Gasteiger partial charge in [-0.2, -0.15) is 8.42 Å². The van der Waals surface area contributed by atoms with E-state index in [0.29, 0.717) is 0 Å². The molecule has 0 bridgehead atoms. The molecule has 0 spiro atoms. The molecule has 0 radical (unpaired) electrons. The number of aromatic nitrogens is 1. The molecule has 0 saturated heterocycles. The Morgan fingerprint density at radius 2 is 2.00 bits per heavy atom. The second-order valence-electron chi connectivity index (χ2n) is 3.42. The maximum atomic E-state index is 12.0. The Kier molecular flexibility index (Phi) is 3.67. The number of methoxy groups -OCH3 is 2. The molecule has 19 heavy (non-hydrogen) atoms. The van der Waals surface area contributed by atoms with Crippen LogP contribution in [-0.4, -0.2) is 27.8 Å². The summed E-state index contributed by atoms with van der Waals surface area (Å²) in [6.07, 6.45) is 0. The maximum Gasteiger partial charge on any atom is 0.358 e. The summed E-state index contributed by atoms with van der Waals surface area (Å²) in [5, 5.41) is 3.45.